The Morgan fingerprint density at radius 1 is 1.21 bits per heavy atom. The molecule has 0 saturated heterocycles. The van der Waals surface area contributed by atoms with E-state index >= 15 is 0 Å². The summed E-state index contributed by atoms with van der Waals surface area (Å²) >= 11 is 6.34. The zero-order chi connectivity index (χ0) is 20.5. The summed E-state index contributed by atoms with van der Waals surface area (Å²) in [5.74, 6) is 0. The van der Waals surface area contributed by atoms with E-state index in [1.165, 1.54) is 27.7 Å². The molecule has 4 rings (SSSR count). The molecular weight excluding hydrogens is 382 g/mol. The number of likely N-dealkylation sites (N-methyl/N-ethyl adjacent to an activating group) is 1. The second kappa shape index (κ2) is 8.47. The molecule has 1 aliphatic rings. The minimum absolute atomic E-state index is 0.205. The van der Waals surface area contributed by atoms with Crippen LogP contribution in [0.5, 0.6) is 0 Å². The average molecular weight is 412 g/mol. The van der Waals surface area contributed by atoms with Crippen molar-refractivity contribution in [3.8, 4) is 0 Å². The summed E-state index contributed by atoms with van der Waals surface area (Å²) in [6.45, 7) is 6.43. The monoisotopic (exact) mass is 411 g/mol. The fraction of sp³-hybridized carbons (Fsp3) is 0.458. The number of nitrogens with zero attached hydrogens (tertiary/aromatic N) is 3. The van der Waals surface area contributed by atoms with Crippen molar-refractivity contribution >= 4 is 22.5 Å². The van der Waals surface area contributed by atoms with Gasteiger partial charge < -0.3 is 9.67 Å². The van der Waals surface area contributed by atoms with Crippen LogP contribution in [0.15, 0.2) is 30.3 Å². The Balaban J connectivity index is 1.70. The molecule has 5 heteroatoms. The molecule has 29 heavy (non-hydrogen) atoms. The summed E-state index contributed by atoms with van der Waals surface area (Å²) in [5.41, 5.74) is 7.60. The Labute approximate surface area is 178 Å². The Morgan fingerprint density at radius 3 is 2.83 bits per heavy atom. The fourth-order valence-electron chi connectivity index (χ4n) is 4.52. The first-order valence-corrected chi connectivity index (χ1v) is 10.9. The van der Waals surface area contributed by atoms with Gasteiger partial charge in [-0.2, -0.15) is 0 Å². The van der Waals surface area contributed by atoms with Gasteiger partial charge in [-0.1, -0.05) is 17.7 Å². The van der Waals surface area contributed by atoms with E-state index in [0.29, 0.717) is 6.04 Å². The third-order valence-electron chi connectivity index (χ3n) is 6.28. The molecule has 3 aromatic rings. The van der Waals surface area contributed by atoms with Gasteiger partial charge in [-0.05, 0) is 75.5 Å². The number of fused-ring (bicyclic) bond motifs is 3. The Bertz CT molecular complexity index is 1030. The van der Waals surface area contributed by atoms with Crippen LogP contribution < -0.4 is 0 Å². The molecule has 0 bridgehead atoms. The molecule has 154 valence electrons. The van der Waals surface area contributed by atoms with Gasteiger partial charge in [0.05, 0.1) is 0 Å². The van der Waals surface area contributed by atoms with Gasteiger partial charge in [-0.3, -0.25) is 9.88 Å². The van der Waals surface area contributed by atoms with Crippen LogP contribution in [0, 0.1) is 6.92 Å². The fourth-order valence-corrected chi connectivity index (χ4v) is 4.69. The third-order valence-corrected chi connectivity index (χ3v) is 6.52. The van der Waals surface area contributed by atoms with Crippen LogP contribution in [0.3, 0.4) is 0 Å². The summed E-state index contributed by atoms with van der Waals surface area (Å²) in [5, 5.41) is 11.3. The summed E-state index contributed by atoms with van der Waals surface area (Å²) in [6, 6.07) is 11.1. The van der Waals surface area contributed by atoms with E-state index in [1.54, 1.807) is 0 Å². The highest BCUT2D eigenvalue weighted by atomic mass is 35.5. The van der Waals surface area contributed by atoms with Gasteiger partial charge in [0, 0.05) is 65.2 Å². The number of aromatic nitrogens is 2. The molecule has 1 unspecified atom stereocenters. The molecule has 0 amide bonds. The molecule has 3 heterocycles. The zero-order valence-corrected chi connectivity index (χ0v) is 18.3. The normalized spacial score (nSPS) is 17.1. The molecule has 0 spiro atoms. The summed E-state index contributed by atoms with van der Waals surface area (Å²) in [7, 11) is 2.20. The van der Waals surface area contributed by atoms with Crippen LogP contribution in [-0.4, -0.2) is 39.3 Å². The number of benzene rings is 1. The Morgan fingerprint density at radius 2 is 2.03 bits per heavy atom. The van der Waals surface area contributed by atoms with Crippen molar-refractivity contribution in [3.05, 3.63) is 63.6 Å². The second-order valence-electron chi connectivity index (χ2n) is 8.34. The minimum atomic E-state index is 0.205. The van der Waals surface area contributed by atoms with Gasteiger partial charge in [0.25, 0.3) is 0 Å². The van der Waals surface area contributed by atoms with Crippen LogP contribution in [-0.2, 0) is 32.4 Å². The van der Waals surface area contributed by atoms with Crippen molar-refractivity contribution in [1.29, 1.82) is 0 Å². The number of aliphatic hydroxyl groups is 1. The number of pyridine rings is 1. The van der Waals surface area contributed by atoms with Crippen LogP contribution in [0.1, 0.15) is 41.6 Å². The zero-order valence-electron chi connectivity index (χ0n) is 17.6. The smallest absolute Gasteiger partial charge is 0.0487 e. The quantitative estimate of drug-likeness (QED) is 0.647. The summed E-state index contributed by atoms with van der Waals surface area (Å²) < 4.78 is 2.50. The number of rotatable bonds is 6. The molecule has 1 aromatic carbocycles. The van der Waals surface area contributed by atoms with Gasteiger partial charge in [0.2, 0.25) is 0 Å². The largest absolute Gasteiger partial charge is 0.396 e. The third kappa shape index (κ3) is 4.07. The Kier molecular flexibility index (Phi) is 5.95. The number of hydrogen-bond acceptors (Lipinski definition) is 3. The van der Waals surface area contributed by atoms with Gasteiger partial charge in [-0.15, -0.1) is 0 Å². The lowest BCUT2D eigenvalue weighted by atomic mass is 10.00. The molecule has 0 saturated carbocycles. The summed E-state index contributed by atoms with van der Waals surface area (Å²) in [4.78, 5) is 7.17. The van der Waals surface area contributed by atoms with Crippen LogP contribution >= 0.6 is 11.6 Å². The topological polar surface area (TPSA) is 41.3 Å². The van der Waals surface area contributed by atoms with Gasteiger partial charge >= 0.3 is 0 Å². The van der Waals surface area contributed by atoms with Gasteiger partial charge in [-0.25, -0.2) is 0 Å². The predicted molar refractivity (Wildman–Crippen MR) is 120 cm³/mol. The predicted octanol–water partition coefficient (Wildman–Crippen LogP) is 4.54. The van der Waals surface area contributed by atoms with Gasteiger partial charge in [0.15, 0.2) is 0 Å². The highest BCUT2D eigenvalue weighted by Gasteiger charge is 2.26. The van der Waals surface area contributed by atoms with E-state index < -0.39 is 0 Å². The number of hydrogen-bond donors (Lipinski definition) is 1. The highest BCUT2D eigenvalue weighted by molar-refractivity contribution is 6.31. The van der Waals surface area contributed by atoms with Crippen molar-refractivity contribution in [2.75, 3.05) is 13.7 Å². The van der Waals surface area contributed by atoms with Gasteiger partial charge in [0.1, 0.15) is 0 Å². The standard InChI is InChI=1S/C24H30ClN3O/c1-16-6-7-18(22(26-16)5-4-12-29)10-11-28-23-9-8-19(25)14-20(23)21-15-27(3)17(2)13-24(21)28/h6-9,14,17,29H,4-5,10-13,15H2,1-3H3. The lowest BCUT2D eigenvalue weighted by Crippen LogP contribution is -2.35. The van der Waals surface area contributed by atoms with Crippen molar-refractivity contribution in [2.24, 2.45) is 0 Å². The molecular formula is C24H30ClN3O. The lowest BCUT2D eigenvalue weighted by molar-refractivity contribution is 0.228. The van der Waals surface area contributed by atoms with Crippen molar-refractivity contribution < 1.29 is 5.11 Å². The van der Waals surface area contributed by atoms with Crippen LogP contribution in [0.4, 0.5) is 0 Å². The van der Waals surface area contributed by atoms with Crippen molar-refractivity contribution in [1.82, 2.24) is 14.5 Å². The maximum atomic E-state index is 9.24. The van der Waals surface area contributed by atoms with Crippen LogP contribution in [0.2, 0.25) is 5.02 Å². The first kappa shape index (κ1) is 20.4. The Hall–Kier alpha value is -1.88. The van der Waals surface area contributed by atoms with E-state index in [2.05, 4.69) is 47.7 Å². The minimum Gasteiger partial charge on any atom is -0.396 e. The molecule has 4 nitrogen and oxygen atoms in total. The van der Waals surface area contributed by atoms with E-state index in [0.717, 1.165) is 55.2 Å². The van der Waals surface area contributed by atoms with E-state index in [-0.39, 0.29) is 6.61 Å². The second-order valence-corrected chi connectivity index (χ2v) is 8.78. The maximum Gasteiger partial charge on any atom is 0.0487 e. The average Bonchev–Trinajstić information content (AvgIpc) is 2.98. The van der Waals surface area contributed by atoms with Crippen molar-refractivity contribution in [3.63, 3.8) is 0 Å². The summed E-state index contributed by atoms with van der Waals surface area (Å²) in [6.07, 6.45) is 3.59. The number of aryl methyl sites for hydroxylation is 4. The molecule has 0 radical (unpaired) electrons. The maximum absolute atomic E-state index is 9.24. The highest BCUT2D eigenvalue weighted by Crippen LogP contribution is 2.34. The van der Waals surface area contributed by atoms with E-state index in [1.807, 2.05) is 13.0 Å². The number of aliphatic hydroxyl groups excluding tert-OH is 1. The molecule has 0 fully saturated rings. The molecule has 0 aliphatic carbocycles. The molecule has 1 N–H and O–H groups in total. The van der Waals surface area contributed by atoms with E-state index in [9.17, 15) is 5.11 Å². The van der Waals surface area contributed by atoms with Crippen LogP contribution in [0.25, 0.3) is 10.9 Å². The molecule has 1 aliphatic heterocycles. The first-order chi connectivity index (χ1) is 14.0. The SMILES string of the molecule is Cc1ccc(CCn2c3c(c4cc(Cl)ccc42)CN(C)C(C)C3)c(CCCO)n1. The molecule has 2 aromatic heterocycles. The number of halogens is 1. The molecule has 1 atom stereocenters. The lowest BCUT2D eigenvalue weighted by Gasteiger charge is -2.31. The first-order valence-electron chi connectivity index (χ1n) is 10.5. The van der Waals surface area contributed by atoms with E-state index in [4.69, 9.17) is 16.6 Å². The van der Waals surface area contributed by atoms with Crippen molar-refractivity contribution in [2.45, 2.75) is 58.7 Å².